The minimum atomic E-state index is -0.269. The minimum Gasteiger partial charge on any atom is -0.497 e. The van der Waals surface area contributed by atoms with Gasteiger partial charge in [-0.05, 0) is 51.0 Å². The molecule has 144 valence electrons. The number of nitrogens with one attached hydrogen (secondary N) is 2. The number of hydrogen-bond donors (Lipinski definition) is 2. The summed E-state index contributed by atoms with van der Waals surface area (Å²) in [4.78, 5) is 21.5. The highest BCUT2D eigenvalue weighted by atomic mass is 16.5. The maximum atomic E-state index is 12.8. The van der Waals surface area contributed by atoms with Gasteiger partial charge in [0.1, 0.15) is 23.1 Å². The Kier molecular flexibility index (Phi) is 5.59. The van der Waals surface area contributed by atoms with Crippen LogP contribution >= 0.6 is 0 Å². The number of rotatable bonds is 5. The Hall–Kier alpha value is -3.41. The molecule has 6 nitrogen and oxygen atoms in total. The summed E-state index contributed by atoms with van der Waals surface area (Å²) in [5.74, 6) is 1.52. The zero-order valence-corrected chi connectivity index (χ0v) is 16.8. The number of ether oxygens (including phenoxy) is 1. The number of carbonyl (C=O) groups excluding carboxylic acids is 1. The average Bonchev–Trinajstić information content (AvgIpc) is 2.64. The summed E-state index contributed by atoms with van der Waals surface area (Å²) in [5.41, 5.74) is 5.13. The van der Waals surface area contributed by atoms with Gasteiger partial charge in [0.05, 0.1) is 7.11 Å². The lowest BCUT2D eigenvalue weighted by Gasteiger charge is -2.13. The number of anilines is 3. The van der Waals surface area contributed by atoms with Crippen LogP contribution in [0.5, 0.6) is 5.75 Å². The molecule has 0 aliphatic rings. The van der Waals surface area contributed by atoms with E-state index in [9.17, 15) is 4.79 Å². The molecule has 3 aromatic rings. The van der Waals surface area contributed by atoms with Gasteiger partial charge in [-0.2, -0.15) is 0 Å². The van der Waals surface area contributed by atoms with Crippen LogP contribution in [0, 0.1) is 27.7 Å². The van der Waals surface area contributed by atoms with Gasteiger partial charge < -0.3 is 15.4 Å². The standard InChI is InChI=1S/C22H24N4O2/c1-13-9-14(2)21(15(3)10-13)26-22(27)19-12-20(24-16(4)23-19)25-17-7-6-8-18(11-17)28-5/h6-12H,1-5H3,(H,26,27)(H,23,24,25). The first kappa shape index (κ1) is 19.4. The van der Waals surface area contributed by atoms with Crippen molar-refractivity contribution in [1.82, 2.24) is 9.97 Å². The molecule has 0 aliphatic heterocycles. The number of benzene rings is 2. The molecule has 2 N–H and O–H groups in total. The Labute approximate surface area is 165 Å². The van der Waals surface area contributed by atoms with E-state index in [4.69, 9.17) is 4.74 Å². The normalized spacial score (nSPS) is 10.5. The summed E-state index contributed by atoms with van der Waals surface area (Å²) in [7, 11) is 1.62. The Morgan fingerprint density at radius 2 is 1.68 bits per heavy atom. The molecular weight excluding hydrogens is 352 g/mol. The van der Waals surface area contributed by atoms with Gasteiger partial charge in [-0.15, -0.1) is 0 Å². The summed E-state index contributed by atoms with van der Waals surface area (Å²) >= 11 is 0. The largest absolute Gasteiger partial charge is 0.497 e. The van der Waals surface area contributed by atoms with Crippen molar-refractivity contribution in [2.24, 2.45) is 0 Å². The predicted octanol–water partition coefficient (Wildman–Crippen LogP) is 4.71. The zero-order valence-electron chi connectivity index (χ0n) is 16.8. The van der Waals surface area contributed by atoms with Crippen molar-refractivity contribution in [2.45, 2.75) is 27.7 Å². The second kappa shape index (κ2) is 8.08. The number of methoxy groups -OCH3 is 1. The Morgan fingerprint density at radius 1 is 0.964 bits per heavy atom. The number of aromatic nitrogens is 2. The van der Waals surface area contributed by atoms with Gasteiger partial charge in [0, 0.05) is 23.5 Å². The first-order valence-electron chi connectivity index (χ1n) is 9.01. The van der Waals surface area contributed by atoms with E-state index >= 15 is 0 Å². The maximum Gasteiger partial charge on any atom is 0.274 e. The molecule has 0 unspecified atom stereocenters. The Morgan fingerprint density at radius 3 is 2.36 bits per heavy atom. The third kappa shape index (κ3) is 4.46. The van der Waals surface area contributed by atoms with Crippen molar-refractivity contribution in [1.29, 1.82) is 0 Å². The fraction of sp³-hybridized carbons (Fsp3) is 0.227. The molecule has 28 heavy (non-hydrogen) atoms. The van der Waals surface area contributed by atoms with Gasteiger partial charge in [-0.3, -0.25) is 4.79 Å². The van der Waals surface area contributed by atoms with Crippen LogP contribution in [0.25, 0.3) is 0 Å². The summed E-state index contributed by atoms with van der Waals surface area (Å²) in [6, 6.07) is 13.2. The molecule has 0 spiro atoms. The molecule has 1 aromatic heterocycles. The van der Waals surface area contributed by atoms with Crippen molar-refractivity contribution in [3.8, 4) is 5.75 Å². The second-order valence-electron chi connectivity index (χ2n) is 6.77. The van der Waals surface area contributed by atoms with Crippen molar-refractivity contribution in [3.05, 3.63) is 70.7 Å². The quantitative estimate of drug-likeness (QED) is 0.674. The molecule has 0 saturated heterocycles. The summed E-state index contributed by atoms with van der Waals surface area (Å²) in [6.45, 7) is 7.76. The molecule has 0 fully saturated rings. The van der Waals surface area contributed by atoms with Gasteiger partial charge in [-0.25, -0.2) is 9.97 Å². The van der Waals surface area contributed by atoms with Crippen LogP contribution < -0.4 is 15.4 Å². The second-order valence-corrected chi connectivity index (χ2v) is 6.77. The number of aryl methyl sites for hydroxylation is 4. The number of nitrogens with zero attached hydrogens (tertiary/aromatic N) is 2. The van der Waals surface area contributed by atoms with E-state index in [0.29, 0.717) is 17.3 Å². The Bertz CT molecular complexity index is 1010. The van der Waals surface area contributed by atoms with Crippen molar-refractivity contribution < 1.29 is 9.53 Å². The molecule has 1 amide bonds. The SMILES string of the molecule is COc1cccc(Nc2cc(C(=O)Nc3c(C)cc(C)cc3C)nc(C)n2)c1. The molecule has 6 heteroatoms. The minimum absolute atomic E-state index is 0.269. The van der Waals surface area contributed by atoms with Gasteiger partial charge in [0.2, 0.25) is 0 Å². The lowest BCUT2D eigenvalue weighted by molar-refractivity contribution is 0.102. The van der Waals surface area contributed by atoms with Crippen LogP contribution in [0.4, 0.5) is 17.2 Å². The molecular formula is C22H24N4O2. The van der Waals surface area contributed by atoms with E-state index in [-0.39, 0.29) is 5.91 Å². The van der Waals surface area contributed by atoms with Crippen molar-refractivity contribution in [3.63, 3.8) is 0 Å². The van der Waals surface area contributed by atoms with E-state index < -0.39 is 0 Å². The monoisotopic (exact) mass is 376 g/mol. The van der Waals surface area contributed by atoms with E-state index in [0.717, 1.165) is 33.8 Å². The third-order valence-electron chi connectivity index (χ3n) is 4.33. The lowest BCUT2D eigenvalue weighted by Crippen LogP contribution is -2.17. The third-order valence-corrected chi connectivity index (χ3v) is 4.33. The van der Waals surface area contributed by atoms with Gasteiger partial charge in [0.25, 0.3) is 5.91 Å². The van der Waals surface area contributed by atoms with Gasteiger partial charge >= 0.3 is 0 Å². The molecule has 1 heterocycles. The van der Waals surface area contributed by atoms with Crippen LogP contribution in [0.3, 0.4) is 0 Å². The van der Waals surface area contributed by atoms with Gasteiger partial charge in [-0.1, -0.05) is 23.8 Å². The van der Waals surface area contributed by atoms with Crippen LogP contribution in [-0.2, 0) is 0 Å². The lowest BCUT2D eigenvalue weighted by atomic mass is 10.0. The highest BCUT2D eigenvalue weighted by molar-refractivity contribution is 6.04. The first-order valence-corrected chi connectivity index (χ1v) is 9.01. The fourth-order valence-corrected chi connectivity index (χ4v) is 3.15. The first-order chi connectivity index (χ1) is 13.4. The number of hydrogen-bond acceptors (Lipinski definition) is 5. The molecule has 0 aliphatic carbocycles. The smallest absolute Gasteiger partial charge is 0.274 e. The van der Waals surface area contributed by atoms with Crippen LogP contribution in [0.15, 0.2) is 42.5 Å². The molecule has 0 saturated carbocycles. The topological polar surface area (TPSA) is 76.1 Å². The predicted molar refractivity (Wildman–Crippen MR) is 112 cm³/mol. The number of amides is 1. The summed E-state index contributed by atoms with van der Waals surface area (Å²) < 4.78 is 5.24. The van der Waals surface area contributed by atoms with E-state index in [2.05, 4.69) is 20.6 Å². The maximum absolute atomic E-state index is 12.8. The highest BCUT2D eigenvalue weighted by Crippen LogP contribution is 2.24. The average molecular weight is 376 g/mol. The molecule has 3 rings (SSSR count). The van der Waals surface area contributed by atoms with E-state index in [1.54, 1.807) is 20.1 Å². The molecule has 0 atom stereocenters. The van der Waals surface area contributed by atoms with Gasteiger partial charge in [0.15, 0.2) is 0 Å². The van der Waals surface area contributed by atoms with Crippen LogP contribution in [-0.4, -0.2) is 23.0 Å². The summed E-state index contributed by atoms with van der Waals surface area (Å²) in [6.07, 6.45) is 0. The van der Waals surface area contributed by atoms with E-state index in [1.165, 1.54) is 0 Å². The summed E-state index contributed by atoms with van der Waals surface area (Å²) in [5, 5.41) is 6.18. The number of carbonyl (C=O) groups is 1. The van der Waals surface area contributed by atoms with Crippen LogP contribution in [0.1, 0.15) is 33.0 Å². The molecule has 0 radical (unpaired) electrons. The molecule has 0 bridgehead atoms. The van der Waals surface area contributed by atoms with E-state index in [1.807, 2.05) is 57.2 Å². The Balaban J connectivity index is 1.85. The zero-order chi connectivity index (χ0) is 20.3. The van der Waals surface area contributed by atoms with Crippen LogP contribution in [0.2, 0.25) is 0 Å². The van der Waals surface area contributed by atoms with Crippen molar-refractivity contribution >= 4 is 23.1 Å². The fourth-order valence-electron chi connectivity index (χ4n) is 3.15. The highest BCUT2D eigenvalue weighted by Gasteiger charge is 2.14. The van der Waals surface area contributed by atoms with Crippen molar-refractivity contribution in [2.75, 3.05) is 17.7 Å². The molecule has 2 aromatic carbocycles.